The third-order valence-electron chi connectivity index (χ3n) is 4.18. The fraction of sp³-hybridized carbons (Fsp3) is 0.130. The molecule has 0 radical (unpaired) electrons. The second kappa shape index (κ2) is 10.4. The van der Waals surface area contributed by atoms with Gasteiger partial charge in [-0.25, -0.2) is 0 Å². The minimum Gasteiger partial charge on any atom is -0.484 e. The van der Waals surface area contributed by atoms with Crippen molar-refractivity contribution in [1.29, 1.82) is 0 Å². The third-order valence-corrected chi connectivity index (χ3v) is 4.87. The van der Waals surface area contributed by atoms with E-state index in [2.05, 4.69) is 26.6 Å². The lowest BCUT2D eigenvalue weighted by molar-refractivity contribution is -0.123. The summed E-state index contributed by atoms with van der Waals surface area (Å²) >= 11 is 3.37. The summed E-state index contributed by atoms with van der Waals surface area (Å²) in [5.41, 5.74) is 2.37. The summed E-state index contributed by atoms with van der Waals surface area (Å²) in [6.45, 7) is 0.504. The van der Waals surface area contributed by atoms with Crippen molar-refractivity contribution >= 4 is 33.4 Å². The fourth-order valence-electron chi connectivity index (χ4n) is 2.67. The van der Waals surface area contributed by atoms with Gasteiger partial charge in [0, 0.05) is 16.7 Å². The Labute approximate surface area is 178 Å². The van der Waals surface area contributed by atoms with Crippen molar-refractivity contribution in [3.05, 3.63) is 94.5 Å². The van der Waals surface area contributed by atoms with Crippen molar-refractivity contribution in [2.45, 2.75) is 6.42 Å². The highest BCUT2D eigenvalue weighted by molar-refractivity contribution is 9.10. The fourth-order valence-corrected chi connectivity index (χ4v) is 3.13. The Hall–Kier alpha value is -3.12. The predicted octanol–water partition coefficient (Wildman–Crippen LogP) is 4.44. The van der Waals surface area contributed by atoms with Crippen LogP contribution in [0.1, 0.15) is 15.9 Å². The van der Waals surface area contributed by atoms with Gasteiger partial charge in [-0.2, -0.15) is 0 Å². The lowest BCUT2D eigenvalue weighted by Gasteiger charge is -2.09. The molecule has 0 saturated heterocycles. The quantitative estimate of drug-likeness (QED) is 0.530. The Morgan fingerprint density at radius 2 is 1.55 bits per heavy atom. The van der Waals surface area contributed by atoms with Gasteiger partial charge in [-0.1, -0.05) is 42.5 Å². The maximum absolute atomic E-state index is 12.3. The molecule has 0 bridgehead atoms. The van der Waals surface area contributed by atoms with E-state index in [-0.39, 0.29) is 18.4 Å². The zero-order chi connectivity index (χ0) is 20.5. The summed E-state index contributed by atoms with van der Waals surface area (Å²) in [6.07, 6.45) is 0.776. The maximum Gasteiger partial charge on any atom is 0.257 e. The summed E-state index contributed by atoms with van der Waals surface area (Å²) in [6, 6.07) is 24.1. The number of nitrogens with one attached hydrogen (secondary N) is 2. The van der Waals surface area contributed by atoms with Gasteiger partial charge < -0.3 is 15.4 Å². The van der Waals surface area contributed by atoms with Crippen LogP contribution in [0.4, 0.5) is 5.69 Å². The minimum atomic E-state index is -0.205. The van der Waals surface area contributed by atoms with Crippen LogP contribution < -0.4 is 15.4 Å². The average molecular weight is 453 g/mol. The van der Waals surface area contributed by atoms with Gasteiger partial charge in [0.05, 0.1) is 5.56 Å². The summed E-state index contributed by atoms with van der Waals surface area (Å²) in [5, 5.41) is 5.67. The molecule has 0 atom stereocenters. The van der Waals surface area contributed by atoms with Crippen molar-refractivity contribution in [2.24, 2.45) is 0 Å². The van der Waals surface area contributed by atoms with Gasteiger partial charge in [0.2, 0.25) is 0 Å². The molecule has 0 heterocycles. The zero-order valence-corrected chi connectivity index (χ0v) is 17.3. The van der Waals surface area contributed by atoms with Crippen molar-refractivity contribution in [3.8, 4) is 5.75 Å². The molecule has 148 valence electrons. The molecule has 3 aromatic rings. The first kappa shape index (κ1) is 20.6. The van der Waals surface area contributed by atoms with E-state index in [9.17, 15) is 9.59 Å². The normalized spacial score (nSPS) is 10.2. The van der Waals surface area contributed by atoms with E-state index < -0.39 is 0 Å². The number of benzene rings is 3. The van der Waals surface area contributed by atoms with E-state index >= 15 is 0 Å². The molecule has 6 heteroatoms. The summed E-state index contributed by atoms with van der Waals surface area (Å²) in [4.78, 5) is 24.2. The Kier molecular flexibility index (Phi) is 7.41. The Bertz CT molecular complexity index is 959. The first-order chi connectivity index (χ1) is 14.1. The molecule has 5 nitrogen and oxygen atoms in total. The highest BCUT2D eigenvalue weighted by Crippen LogP contribution is 2.19. The van der Waals surface area contributed by atoms with Crippen molar-refractivity contribution in [2.75, 3.05) is 18.5 Å². The van der Waals surface area contributed by atoms with Gasteiger partial charge in [-0.05, 0) is 64.3 Å². The lowest BCUT2D eigenvalue weighted by Crippen LogP contribution is -2.30. The molecule has 0 aliphatic carbocycles. The van der Waals surface area contributed by atoms with E-state index in [1.807, 2.05) is 48.5 Å². The largest absolute Gasteiger partial charge is 0.484 e. The SMILES string of the molecule is O=C(COc1ccc(NC(=O)c2ccccc2Br)cc1)NCCc1ccccc1. The minimum absolute atomic E-state index is 0.0581. The number of carbonyl (C=O) groups excluding carboxylic acids is 2. The number of amides is 2. The molecule has 0 fully saturated rings. The van der Waals surface area contributed by atoms with Crippen molar-refractivity contribution < 1.29 is 14.3 Å². The van der Waals surface area contributed by atoms with Crippen LogP contribution >= 0.6 is 15.9 Å². The van der Waals surface area contributed by atoms with Crippen LogP contribution in [-0.4, -0.2) is 25.0 Å². The smallest absolute Gasteiger partial charge is 0.257 e. The number of halogens is 1. The van der Waals surface area contributed by atoms with Gasteiger partial charge in [0.1, 0.15) is 5.75 Å². The van der Waals surface area contributed by atoms with Crippen molar-refractivity contribution in [3.63, 3.8) is 0 Å². The molecule has 2 N–H and O–H groups in total. The molecule has 3 aromatic carbocycles. The maximum atomic E-state index is 12.3. The van der Waals surface area contributed by atoms with Crippen LogP contribution in [0.25, 0.3) is 0 Å². The molecular formula is C23H21BrN2O3. The summed E-state index contributed by atoms with van der Waals surface area (Å²) < 4.78 is 6.23. The first-order valence-corrected chi connectivity index (χ1v) is 10.0. The van der Waals surface area contributed by atoms with Crippen LogP contribution in [0.2, 0.25) is 0 Å². The molecule has 0 aromatic heterocycles. The molecule has 2 amide bonds. The number of carbonyl (C=O) groups is 2. The van der Waals surface area contributed by atoms with Gasteiger partial charge >= 0.3 is 0 Å². The average Bonchev–Trinajstić information content (AvgIpc) is 2.74. The molecular weight excluding hydrogens is 432 g/mol. The van der Waals surface area contributed by atoms with Crippen LogP contribution in [0.3, 0.4) is 0 Å². The molecule has 3 rings (SSSR count). The molecule has 0 spiro atoms. The van der Waals surface area contributed by atoms with Crippen LogP contribution in [0.5, 0.6) is 5.75 Å². The topological polar surface area (TPSA) is 67.4 Å². The molecule has 0 saturated carbocycles. The van der Waals surface area contributed by atoms with Gasteiger partial charge in [0.25, 0.3) is 11.8 Å². The van der Waals surface area contributed by atoms with Gasteiger partial charge in [0.15, 0.2) is 6.61 Å². The number of hydrogen-bond donors (Lipinski definition) is 2. The highest BCUT2D eigenvalue weighted by Gasteiger charge is 2.09. The second-order valence-electron chi connectivity index (χ2n) is 6.33. The Morgan fingerprint density at radius 3 is 2.28 bits per heavy atom. The highest BCUT2D eigenvalue weighted by atomic mass is 79.9. The monoisotopic (exact) mass is 452 g/mol. The van der Waals surface area contributed by atoms with Crippen LogP contribution in [-0.2, 0) is 11.2 Å². The number of rotatable bonds is 8. The number of ether oxygens (including phenoxy) is 1. The molecule has 0 unspecified atom stereocenters. The standard InChI is InChI=1S/C23H21BrN2O3/c24-21-9-5-4-8-20(21)23(28)26-18-10-12-19(13-11-18)29-16-22(27)25-15-14-17-6-2-1-3-7-17/h1-13H,14-16H2,(H,25,27)(H,26,28). The molecule has 0 aliphatic heterocycles. The Morgan fingerprint density at radius 1 is 0.862 bits per heavy atom. The zero-order valence-electron chi connectivity index (χ0n) is 15.7. The van der Waals surface area contributed by atoms with Gasteiger partial charge in [-0.3, -0.25) is 9.59 Å². The van der Waals surface area contributed by atoms with Gasteiger partial charge in [-0.15, -0.1) is 0 Å². The summed E-state index contributed by atoms with van der Waals surface area (Å²) in [7, 11) is 0. The predicted molar refractivity (Wildman–Crippen MR) is 117 cm³/mol. The lowest BCUT2D eigenvalue weighted by atomic mass is 10.1. The van der Waals surface area contributed by atoms with E-state index in [4.69, 9.17) is 4.74 Å². The van der Waals surface area contributed by atoms with E-state index in [1.54, 1.807) is 30.3 Å². The third kappa shape index (κ3) is 6.47. The number of hydrogen-bond acceptors (Lipinski definition) is 3. The van der Waals surface area contributed by atoms with Crippen LogP contribution in [0, 0.1) is 0 Å². The van der Waals surface area contributed by atoms with E-state index in [0.717, 1.165) is 10.9 Å². The van der Waals surface area contributed by atoms with Crippen LogP contribution in [0.15, 0.2) is 83.3 Å². The first-order valence-electron chi connectivity index (χ1n) is 9.21. The summed E-state index contributed by atoms with van der Waals surface area (Å²) in [5.74, 6) is 0.179. The Balaban J connectivity index is 1.42. The number of anilines is 1. The van der Waals surface area contributed by atoms with Crippen molar-refractivity contribution in [1.82, 2.24) is 5.32 Å². The van der Waals surface area contributed by atoms with E-state index in [0.29, 0.717) is 23.5 Å². The van der Waals surface area contributed by atoms with E-state index in [1.165, 1.54) is 5.56 Å². The second-order valence-corrected chi connectivity index (χ2v) is 7.19. The molecule has 29 heavy (non-hydrogen) atoms. The molecule has 0 aliphatic rings.